The standard InChI is InChI=1S/C8H8F3NS/c9-8(10,11)6-2-1-3-7(13-12)5-4-6/h1-2,4-5H,3,12H2. The molecule has 0 heterocycles. The summed E-state index contributed by atoms with van der Waals surface area (Å²) in [7, 11) is 0. The molecule has 0 aromatic rings. The van der Waals surface area contributed by atoms with Gasteiger partial charge in [0.2, 0.25) is 0 Å². The quantitative estimate of drug-likeness (QED) is 0.669. The molecule has 0 spiro atoms. The number of rotatable bonds is 1. The molecule has 0 atom stereocenters. The Morgan fingerprint density at radius 2 is 2.00 bits per heavy atom. The molecule has 0 amide bonds. The van der Waals surface area contributed by atoms with Gasteiger partial charge in [0.1, 0.15) is 0 Å². The average Bonchev–Trinajstić information content (AvgIpc) is 2.26. The van der Waals surface area contributed by atoms with Crippen molar-refractivity contribution < 1.29 is 13.2 Å². The zero-order valence-electron chi connectivity index (χ0n) is 6.64. The van der Waals surface area contributed by atoms with E-state index in [1.54, 1.807) is 0 Å². The molecule has 13 heavy (non-hydrogen) atoms. The Morgan fingerprint density at radius 3 is 2.54 bits per heavy atom. The van der Waals surface area contributed by atoms with Gasteiger partial charge in [0, 0.05) is 4.91 Å². The van der Waals surface area contributed by atoms with Crippen molar-refractivity contribution in [2.75, 3.05) is 0 Å². The first-order valence-electron chi connectivity index (χ1n) is 3.55. The molecule has 0 fully saturated rings. The van der Waals surface area contributed by atoms with Gasteiger partial charge in [-0.1, -0.05) is 30.2 Å². The Kier molecular flexibility index (Phi) is 3.22. The van der Waals surface area contributed by atoms with E-state index in [2.05, 4.69) is 0 Å². The summed E-state index contributed by atoms with van der Waals surface area (Å²) in [6.45, 7) is 0. The first kappa shape index (κ1) is 10.4. The van der Waals surface area contributed by atoms with Gasteiger partial charge in [-0.15, -0.1) is 0 Å². The van der Waals surface area contributed by atoms with Crippen molar-refractivity contribution in [3.05, 3.63) is 34.8 Å². The SMILES string of the molecule is NSC1=CC=C(C(F)(F)F)C=CC1. The Bertz CT molecular complexity index is 276. The predicted octanol–water partition coefficient (Wildman–Crippen LogP) is 2.93. The molecule has 0 aliphatic heterocycles. The first-order valence-corrected chi connectivity index (χ1v) is 4.43. The minimum absolute atomic E-state index is 0.456. The van der Waals surface area contributed by atoms with E-state index >= 15 is 0 Å². The van der Waals surface area contributed by atoms with Crippen LogP contribution in [0.4, 0.5) is 13.2 Å². The number of halogens is 3. The summed E-state index contributed by atoms with van der Waals surface area (Å²) in [4.78, 5) is 0.718. The molecule has 1 rings (SSSR count). The molecule has 1 aliphatic carbocycles. The largest absolute Gasteiger partial charge is 0.416 e. The molecule has 1 nitrogen and oxygen atoms in total. The lowest BCUT2D eigenvalue weighted by Gasteiger charge is -2.04. The number of hydrogen-bond donors (Lipinski definition) is 1. The Labute approximate surface area is 78.3 Å². The highest BCUT2D eigenvalue weighted by molar-refractivity contribution is 8.00. The van der Waals surface area contributed by atoms with Crippen molar-refractivity contribution in [1.29, 1.82) is 0 Å². The van der Waals surface area contributed by atoms with Crippen molar-refractivity contribution in [2.24, 2.45) is 5.14 Å². The fraction of sp³-hybridized carbons (Fsp3) is 0.250. The van der Waals surface area contributed by atoms with Crippen LogP contribution < -0.4 is 5.14 Å². The molecule has 0 unspecified atom stereocenters. The molecule has 72 valence electrons. The lowest BCUT2D eigenvalue weighted by Crippen LogP contribution is -2.09. The second-order valence-electron chi connectivity index (χ2n) is 2.48. The van der Waals surface area contributed by atoms with Gasteiger partial charge in [0.15, 0.2) is 0 Å². The van der Waals surface area contributed by atoms with Crippen LogP contribution in [0.5, 0.6) is 0 Å². The highest BCUT2D eigenvalue weighted by atomic mass is 32.2. The summed E-state index contributed by atoms with van der Waals surface area (Å²) >= 11 is 0.970. The van der Waals surface area contributed by atoms with Crippen molar-refractivity contribution in [1.82, 2.24) is 0 Å². The molecule has 0 radical (unpaired) electrons. The van der Waals surface area contributed by atoms with Gasteiger partial charge >= 0.3 is 6.18 Å². The van der Waals surface area contributed by atoms with Crippen LogP contribution in [0.15, 0.2) is 34.8 Å². The van der Waals surface area contributed by atoms with Gasteiger partial charge in [0.05, 0.1) is 5.57 Å². The molecule has 0 aromatic heterocycles. The van der Waals surface area contributed by atoms with E-state index in [1.807, 2.05) is 0 Å². The summed E-state index contributed by atoms with van der Waals surface area (Å²) < 4.78 is 36.5. The van der Waals surface area contributed by atoms with Gasteiger partial charge in [-0.25, -0.2) is 0 Å². The highest BCUT2D eigenvalue weighted by Crippen LogP contribution is 2.29. The third-order valence-corrected chi connectivity index (χ3v) is 2.15. The summed E-state index contributed by atoms with van der Waals surface area (Å²) in [5.74, 6) is 0. The normalized spacial score (nSPS) is 17.8. The number of alkyl halides is 3. The van der Waals surface area contributed by atoms with E-state index in [4.69, 9.17) is 5.14 Å². The average molecular weight is 207 g/mol. The maximum Gasteiger partial charge on any atom is 0.416 e. The number of allylic oxidation sites excluding steroid dienone is 6. The highest BCUT2D eigenvalue weighted by Gasteiger charge is 2.31. The van der Waals surface area contributed by atoms with E-state index in [-0.39, 0.29) is 0 Å². The molecular weight excluding hydrogens is 199 g/mol. The van der Waals surface area contributed by atoms with Crippen LogP contribution in [0.1, 0.15) is 6.42 Å². The van der Waals surface area contributed by atoms with E-state index < -0.39 is 11.7 Å². The second-order valence-corrected chi connectivity index (χ2v) is 3.24. The van der Waals surface area contributed by atoms with Crippen LogP contribution in [0.3, 0.4) is 0 Å². The van der Waals surface area contributed by atoms with Crippen LogP contribution in [0.25, 0.3) is 0 Å². The zero-order chi connectivity index (χ0) is 9.90. The third kappa shape index (κ3) is 2.93. The van der Waals surface area contributed by atoms with E-state index in [0.29, 0.717) is 6.42 Å². The van der Waals surface area contributed by atoms with Crippen molar-refractivity contribution in [3.63, 3.8) is 0 Å². The fourth-order valence-corrected chi connectivity index (χ4v) is 1.22. The van der Waals surface area contributed by atoms with Crippen LogP contribution in [-0.4, -0.2) is 6.18 Å². The van der Waals surface area contributed by atoms with E-state index in [0.717, 1.165) is 29.0 Å². The summed E-state index contributed by atoms with van der Waals surface area (Å²) in [6, 6.07) is 0. The predicted molar refractivity (Wildman–Crippen MR) is 47.8 cm³/mol. The van der Waals surface area contributed by atoms with Gasteiger partial charge in [0.25, 0.3) is 0 Å². The molecule has 0 saturated carbocycles. The Morgan fingerprint density at radius 1 is 1.31 bits per heavy atom. The Balaban J connectivity index is 2.89. The number of hydrogen-bond acceptors (Lipinski definition) is 2. The smallest absolute Gasteiger partial charge is 0.274 e. The minimum Gasteiger partial charge on any atom is -0.274 e. The maximum atomic E-state index is 12.2. The molecular formula is C8H8F3NS. The molecule has 5 heteroatoms. The van der Waals surface area contributed by atoms with Crippen LogP contribution >= 0.6 is 11.9 Å². The zero-order valence-corrected chi connectivity index (χ0v) is 7.45. The van der Waals surface area contributed by atoms with Gasteiger partial charge in [-0.05, 0) is 12.5 Å². The number of nitrogens with two attached hydrogens (primary N) is 1. The lowest BCUT2D eigenvalue weighted by atomic mass is 10.2. The topological polar surface area (TPSA) is 26.0 Å². The molecule has 0 bridgehead atoms. The second kappa shape index (κ2) is 4.02. The molecule has 1 aliphatic rings. The van der Waals surface area contributed by atoms with Gasteiger partial charge < -0.3 is 0 Å². The maximum absolute atomic E-state index is 12.2. The van der Waals surface area contributed by atoms with Gasteiger partial charge in [-0.2, -0.15) is 13.2 Å². The fourth-order valence-electron chi connectivity index (χ4n) is 0.885. The van der Waals surface area contributed by atoms with E-state index in [9.17, 15) is 13.2 Å². The third-order valence-electron chi connectivity index (χ3n) is 1.54. The molecule has 2 N–H and O–H groups in total. The minimum atomic E-state index is -4.28. The van der Waals surface area contributed by atoms with Crippen LogP contribution in [-0.2, 0) is 0 Å². The van der Waals surface area contributed by atoms with Crippen molar-refractivity contribution >= 4 is 11.9 Å². The van der Waals surface area contributed by atoms with Crippen LogP contribution in [0, 0.1) is 0 Å². The monoisotopic (exact) mass is 207 g/mol. The summed E-state index contributed by atoms with van der Waals surface area (Å²) in [6.07, 6.45) is 1.14. The Hall–Kier alpha value is -0.680. The van der Waals surface area contributed by atoms with Gasteiger partial charge in [-0.3, -0.25) is 5.14 Å². The summed E-state index contributed by atoms with van der Waals surface area (Å²) in [5.41, 5.74) is -0.642. The molecule has 0 aromatic carbocycles. The molecule has 0 saturated heterocycles. The van der Waals surface area contributed by atoms with E-state index in [1.165, 1.54) is 12.2 Å². The van der Waals surface area contributed by atoms with Crippen LogP contribution in [0.2, 0.25) is 0 Å². The lowest BCUT2D eigenvalue weighted by molar-refractivity contribution is -0.0881. The van der Waals surface area contributed by atoms with Crippen molar-refractivity contribution in [3.8, 4) is 0 Å². The van der Waals surface area contributed by atoms with Crippen molar-refractivity contribution in [2.45, 2.75) is 12.6 Å². The summed E-state index contributed by atoms with van der Waals surface area (Å²) in [5, 5.41) is 5.23. The first-order chi connectivity index (χ1) is 6.04.